The Labute approximate surface area is 163 Å². The fraction of sp³-hybridized carbons (Fsp3) is 0.368. The van der Waals surface area contributed by atoms with Crippen molar-refractivity contribution in [1.82, 2.24) is 4.72 Å². The number of carboxylic acid groups (broad SMARTS) is 1. The second-order valence-corrected chi connectivity index (χ2v) is 8.52. The van der Waals surface area contributed by atoms with Crippen molar-refractivity contribution in [3.63, 3.8) is 0 Å². The summed E-state index contributed by atoms with van der Waals surface area (Å²) >= 11 is 0. The maximum absolute atomic E-state index is 12.5. The molecule has 0 bridgehead atoms. The molecule has 150 valence electrons. The van der Waals surface area contributed by atoms with E-state index in [4.69, 9.17) is 4.42 Å². The number of carbonyl (C=O) groups is 2. The van der Waals surface area contributed by atoms with Crippen LogP contribution in [0.4, 0.5) is 5.69 Å². The summed E-state index contributed by atoms with van der Waals surface area (Å²) in [5, 5.41) is 12.0. The van der Waals surface area contributed by atoms with Crippen molar-refractivity contribution in [2.24, 2.45) is 11.8 Å². The molecule has 0 aliphatic heterocycles. The van der Waals surface area contributed by atoms with E-state index in [0.717, 1.165) is 12.8 Å². The van der Waals surface area contributed by atoms with Crippen LogP contribution < -0.4 is 10.0 Å². The van der Waals surface area contributed by atoms with E-state index in [1.165, 1.54) is 30.5 Å². The van der Waals surface area contributed by atoms with Gasteiger partial charge < -0.3 is 14.8 Å². The van der Waals surface area contributed by atoms with Crippen molar-refractivity contribution in [1.29, 1.82) is 0 Å². The third kappa shape index (κ3) is 4.79. The fourth-order valence-corrected chi connectivity index (χ4v) is 4.35. The van der Waals surface area contributed by atoms with Gasteiger partial charge in [0.05, 0.1) is 29.5 Å². The smallest absolute Gasteiger partial charge is 0.307 e. The van der Waals surface area contributed by atoms with Crippen LogP contribution in [0.1, 0.15) is 31.4 Å². The van der Waals surface area contributed by atoms with Crippen molar-refractivity contribution in [3.8, 4) is 0 Å². The van der Waals surface area contributed by atoms with Gasteiger partial charge in [0.15, 0.2) is 0 Å². The standard InChI is InChI=1S/C19H22N2O6S/c22-18(16-5-1-2-6-17(16)19(23)24)21-13-7-9-15(10-8-13)28(25,26)20-12-14-4-3-11-27-14/h3-4,7-11,16-17,20H,1-2,5-6,12H2,(H,21,22)(H,23,24). The lowest BCUT2D eigenvalue weighted by Crippen LogP contribution is -2.36. The van der Waals surface area contributed by atoms with Crippen LogP contribution in [0.3, 0.4) is 0 Å². The highest BCUT2D eigenvalue weighted by Gasteiger charge is 2.35. The molecule has 8 nitrogen and oxygen atoms in total. The van der Waals surface area contributed by atoms with Crippen molar-refractivity contribution >= 4 is 27.6 Å². The predicted octanol–water partition coefficient (Wildman–Crippen LogP) is 2.59. The minimum Gasteiger partial charge on any atom is -0.481 e. The summed E-state index contributed by atoms with van der Waals surface area (Å²) in [4.78, 5) is 23.9. The van der Waals surface area contributed by atoms with E-state index in [0.29, 0.717) is 24.3 Å². The molecule has 1 aromatic carbocycles. The quantitative estimate of drug-likeness (QED) is 0.649. The van der Waals surface area contributed by atoms with Gasteiger partial charge in [-0.15, -0.1) is 0 Å². The molecule has 0 spiro atoms. The molecular weight excluding hydrogens is 384 g/mol. The number of carboxylic acids is 1. The molecule has 0 saturated heterocycles. The Bertz CT molecular complexity index is 922. The van der Waals surface area contributed by atoms with Gasteiger partial charge in [0.25, 0.3) is 0 Å². The first-order valence-electron chi connectivity index (χ1n) is 9.02. The average Bonchev–Trinajstić information content (AvgIpc) is 3.20. The molecule has 2 aromatic rings. The minimum absolute atomic E-state index is 0.0338. The summed E-state index contributed by atoms with van der Waals surface area (Å²) in [6, 6.07) is 9.07. The molecule has 28 heavy (non-hydrogen) atoms. The van der Waals surface area contributed by atoms with Gasteiger partial charge in [-0.3, -0.25) is 9.59 Å². The predicted molar refractivity (Wildman–Crippen MR) is 101 cm³/mol. The van der Waals surface area contributed by atoms with Crippen LogP contribution in [0.15, 0.2) is 52.0 Å². The number of furan rings is 1. The number of rotatable bonds is 7. The van der Waals surface area contributed by atoms with Crippen molar-refractivity contribution in [2.75, 3.05) is 5.32 Å². The second-order valence-electron chi connectivity index (χ2n) is 6.75. The third-order valence-corrected chi connectivity index (χ3v) is 6.29. The van der Waals surface area contributed by atoms with Gasteiger partial charge in [0.1, 0.15) is 5.76 Å². The first-order chi connectivity index (χ1) is 13.4. The van der Waals surface area contributed by atoms with Crippen LogP contribution in [0.5, 0.6) is 0 Å². The number of nitrogens with one attached hydrogen (secondary N) is 2. The van der Waals surface area contributed by atoms with Crippen molar-refractivity contribution in [2.45, 2.75) is 37.1 Å². The SMILES string of the molecule is O=C(O)C1CCCCC1C(=O)Nc1ccc(S(=O)(=O)NCc2ccco2)cc1. The Morgan fingerprint density at radius 1 is 1.07 bits per heavy atom. The van der Waals surface area contributed by atoms with Crippen LogP contribution >= 0.6 is 0 Å². The zero-order chi connectivity index (χ0) is 20.1. The molecule has 1 amide bonds. The molecule has 1 fully saturated rings. The Balaban J connectivity index is 1.63. The highest BCUT2D eigenvalue weighted by atomic mass is 32.2. The fourth-order valence-electron chi connectivity index (χ4n) is 3.36. The number of sulfonamides is 1. The molecule has 1 saturated carbocycles. The maximum atomic E-state index is 12.5. The van der Waals surface area contributed by atoms with Crippen LogP contribution in [0, 0.1) is 11.8 Å². The number of carbonyl (C=O) groups excluding carboxylic acids is 1. The number of anilines is 1. The summed E-state index contributed by atoms with van der Waals surface area (Å²) in [7, 11) is -3.72. The summed E-state index contributed by atoms with van der Waals surface area (Å²) < 4.78 is 32.2. The number of hydrogen-bond donors (Lipinski definition) is 3. The lowest BCUT2D eigenvalue weighted by Gasteiger charge is -2.27. The Morgan fingerprint density at radius 2 is 1.75 bits per heavy atom. The topological polar surface area (TPSA) is 126 Å². The highest BCUT2D eigenvalue weighted by molar-refractivity contribution is 7.89. The lowest BCUT2D eigenvalue weighted by molar-refractivity contribution is -0.147. The molecule has 1 aliphatic rings. The Morgan fingerprint density at radius 3 is 2.36 bits per heavy atom. The number of aliphatic carboxylic acids is 1. The molecule has 3 rings (SSSR count). The van der Waals surface area contributed by atoms with Crippen molar-refractivity contribution in [3.05, 3.63) is 48.4 Å². The number of amides is 1. The van der Waals surface area contributed by atoms with E-state index < -0.39 is 27.8 Å². The van der Waals surface area contributed by atoms with Gasteiger partial charge in [0.2, 0.25) is 15.9 Å². The Kier molecular flexibility index (Phi) is 6.15. The van der Waals surface area contributed by atoms with Gasteiger partial charge in [-0.2, -0.15) is 0 Å². The van der Waals surface area contributed by atoms with E-state index in [9.17, 15) is 23.1 Å². The van der Waals surface area contributed by atoms with E-state index in [2.05, 4.69) is 10.0 Å². The summed E-state index contributed by atoms with van der Waals surface area (Å²) in [6.07, 6.45) is 4.11. The molecule has 3 N–H and O–H groups in total. The molecule has 1 aromatic heterocycles. The summed E-state index contributed by atoms with van der Waals surface area (Å²) in [5.74, 6) is -2.07. The molecular formula is C19H22N2O6S. The van der Waals surface area contributed by atoms with E-state index in [-0.39, 0.29) is 17.3 Å². The van der Waals surface area contributed by atoms with Gasteiger partial charge in [-0.25, -0.2) is 13.1 Å². The zero-order valence-corrected chi connectivity index (χ0v) is 15.9. The normalized spacial score (nSPS) is 19.9. The number of benzene rings is 1. The van der Waals surface area contributed by atoms with E-state index in [1.54, 1.807) is 12.1 Å². The Hall–Kier alpha value is -2.65. The molecule has 2 unspecified atom stereocenters. The minimum atomic E-state index is -3.72. The highest BCUT2D eigenvalue weighted by Crippen LogP contribution is 2.31. The van der Waals surface area contributed by atoms with Gasteiger partial charge in [0, 0.05) is 5.69 Å². The average molecular weight is 406 g/mol. The number of hydrogen-bond acceptors (Lipinski definition) is 5. The van der Waals surface area contributed by atoms with Gasteiger partial charge in [-0.1, -0.05) is 12.8 Å². The van der Waals surface area contributed by atoms with E-state index >= 15 is 0 Å². The monoisotopic (exact) mass is 406 g/mol. The molecule has 0 radical (unpaired) electrons. The second kappa shape index (κ2) is 8.57. The summed E-state index contributed by atoms with van der Waals surface area (Å²) in [6.45, 7) is 0.0338. The molecule has 1 heterocycles. The summed E-state index contributed by atoms with van der Waals surface area (Å²) in [5.41, 5.74) is 0.421. The maximum Gasteiger partial charge on any atom is 0.307 e. The van der Waals surface area contributed by atoms with Gasteiger partial charge >= 0.3 is 5.97 Å². The molecule has 1 aliphatic carbocycles. The van der Waals surface area contributed by atoms with E-state index in [1.807, 2.05) is 0 Å². The van der Waals surface area contributed by atoms with Crippen LogP contribution in [-0.4, -0.2) is 25.4 Å². The van der Waals surface area contributed by atoms with Crippen LogP contribution in [-0.2, 0) is 26.2 Å². The van der Waals surface area contributed by atoms with Crippen LogP contribution in [0.2, 0.25) is 0 Å². The first kappa shape index (κ1) is 20.1. The zero-order valence-electron chi connectivity index (χ0n) is 15.1. The van der Waals surface area contributed by atoms with Crippen molar-refractivity contribution < 1.29 is 27.5 Å². The van der Waals surface area contributed by atoms with Crippen LogP contribution in [0.25, 0.3) is 0 Å². The lowest BCUT2D eigenvalue weighted by atomic mass is 9.78. The van der Waals surface area contributed by atoms with Gasteiger partial charge in [-0.05, 0) is 49.2 Å². The first-order valence-corrected chi connectivity index (χ1v) is 10.5. The third-order valence-electron chi connectivity index (χ3n) is 4.87. The largest absolute Gasteiger partial charge is 0.481 e. The molecule has 2 atom stereocenters. The molecule has 9 heteroatoms.